The van der Waals surface area contributed by atoms with Crippen molar-refractivity contribution >= 4 is 5.91 Å². The molecule has 2 heterocycles. The van der Waals surface area contributed by atoms with Gasteiger partial charge in [0.25, 0.3) is 0 Å². The van der Waals surface area contributed by atoms with Gasteiger partial charge in [-0.2, -0.15) is 0 Å². The number of furan rings is 1. The summed E-state index contributed by atoms with van der Waals surface area (Å²) in [6.07, 6.45) is 4.45. The van der Waals surface area contributed by atoms with Crippen LogP contribution in [0.5, 0.6) is 0 Å². The molecule has 0 saturated carbocycles. The molecule has 4 heteroatoms. The van der Waals surface area contributed by atoms with E-state index < -0.39 is 0 Å². The molecule has 1 amide bonds. The quantitative estimate of drug-likeness (QED) is 0.805. The summed E-state index contributed by atoms with van der Waals surface area (Å²) in [5, 5.41) is 3.41. The summed E-state index contributed by atoms with van der Waals surface area (Å²) in [5.41, 5.74) is 1.15. The molecule has 0 aliphatic carbocycles. The maximum atomic E-state index is 11.1. The van der Waals surface area contributed by atoms with Gasteiger partial charge >= 0.3 is 0 Å². The molecule has 82 valence electrons. The van der Waals surface area contributed by atoms with Crippen LogP contribution in [0.25, 0.3) is 0 Å². The molecule has 1 fully saturated rings. The summed E-state index contributed by atoms with van der Waals surface area (Å²) in [6.45, 7) is 4.14. The maximum absolute atomic E-state index is 11.1. The van der Waals surface area contributed by atoms with Crippen molar-refractivity contribution in [3.8, 4) is 0 Å². The number of hydrogen-bond acceptors (Lipinski definition) is 3. The van der Waals surface area contributed by atoms with Gasteiger partial charge in [0.05, 0.1) is 12.5 Å². The van der Waals surface area contributed by atoms with Crippen LogP contribution < -0.4 is 5.32 Å². The Bertz CT molecular complexity index is 321. The average Bonchev–Trinajstić information content (AvgIpc) is 2.86. The van der Waals surface area contributed by atoms with Gasteiger partial charge in [0.2, 0.25) is 5.91 Å². The topological polar surface area (TPSA) is 45.5 Å². The molecule has 1 aromatic heterocycles. The predicted octanol–water partition coefficient (Wildman–Crippen LogP) is 0.990. The zero-order valence-electron chi connectivity index (χ0n) is 8.90. The third kappa shape index (κ3) is 2.59. The number of rotatable bonds is 3. The molecule has 1 aliphatic rings. The predicted molar refractivity (Wildman–Crippen MR) is 56.2 cm³/mol. The SMILES string of the molecule is CC(=O)N1CCC(NCc2ccoc2)C1. The van der Waals surface area contributed by atoms with E-state index >= 15 is 0 Å². The molecule has 0 spiro atoms. The van der Waals surface area contributed by atoms with Gasteiger partial charge in [0, 0.05) is 38.2 Å². The van der Waals surface area contributed by atoms with E-state index in [2.05, 4.69) is 5.32 Å². The second kappa shape index (κ2) is 4.49. The first-order valence-corrected chi connectivity index (χ1v) is 5.25. The molecule has 1 unspecified atom stereocenters. The van der Waals surface area contributed by atoms with Gasteiger partial charge in [0.1, 0.15) is 0 Å². The molecule has 0 aromatic carbocycles. The molecular weight excluding hydrogens is 192 g/mol. The third-order valence-corrected chi connectivity index (χ3v) is 2.81. The van der Waals surface area contributed by atoms with Crippen molar-refractivity contribution in [2.75, 3.05) is 13.1 Å². The monoisotopic (exact) mass is 208 g/mol. The highest BCUT2D eigenvalue weighted by Crippen LogP contribution is 2.10. The van der Waals surface area contributed by atoms with Gasteiger partial charge in [-0.1, -0.05) is 0 Å². The Hall–Kier alpha value is -1.29. The first-order valence-electron chi connectivity index (χ1n) is 5.25. The number of nitrogens with zero attached hydrogens (tertiary/aromatic N) is 1. The Morgan fingerprint density at radius 2 is 2.60 bits per heavy atom. The summed E-state index contributed by atoms with van der Waals surface area (Å²) >= 11 is 0. The van der Waals surface area contributed by atoms with Crippen LogP contribution in [0.1, 0.15) is 18.9 Å². The molecule has 4 nitrogen and oxygen atoms in total. The fourth-order valence-corrected chi connectivity index (χ4v) is 1.87. The molecule has 0 radical (unpaired) electrons. The van der Waals surface area contributed by atoms with Gasteiger partial charge in [-0.15, -0.1) is 0 Å². The standard InChI is InChI=1S/C11H16N2O2/c1-9(14)13-4-2-11(7-13)12-6-10-3-5-15-8-10/h3,5,8,11-12H,2,4,6-7H2,1H3. The molecule has 1 aromatic rings. The van der Waals surface area contributed by atoms with Gasteiger partial charge in [-0.3, -0.25) is 4.79 Å². The summed E-state index contributed by atoms with van der Waals surface area (Å²) < 4.78 is 4.98. The molecule has 1 N–H and O–H groups in total. The van der Waals surface area contributed by atoms with E-state index in [1.54, 1.807) is 19.5 Å². The molecule has 0 bridgehead atoms. The lowest BCUT2D eigenvalue weighted by molar-refractivity contribution is -0.127. The fraction of sp³-hybridized carbons (Fsp3) is 0.545. The zero-order valence-corrected chi connectivity index (χ0v) is 8.90. The van der Waals surface area contributed by atoms with E-state index in [4.69, 9.17) is 4.42 Å². The minimum Gasteiger partial charge on any atom is -0.472 e. The maximum Gasteiger partial charge on any atom is 0.219 e. The highest BCUT2D eigenvalue weighted by atomic mass is 16.3. The number of nitrogens with one attached hydrogen (secondary N) is 1. The lowest BCUT2D eigenvalue weighted by atomic mass is 10.2. The largest absolute Gasteiger partial charge is 0.472 e. The van der Waals surface area contributed by atoms with E-state index in [1.165, 1.54) is 0 Å². The minimum atomic E-state index is 0.169. The van der Waals surface area contributed by atoms with Crippen LogP contribution in [-0.4, -0.2) is 29.9 Å². The number of hydrogen-bond donors (Lipinski definition) is 1. The molecule has 15 heavy (non-hydrogen) atoms. The van der Waals surface area contributed by atoms with Crippen LogP contribution in [-0.2, 0) is 11.3 Å². The Kier molecular flexibility index (Phi) is 3.06. The second-order valence-corrected chi connectivity index (χ2v) is 3.96. The van der Waals surface area contributed by atoms with Crippen LogP contribution in [0.2, 0.25) is 0 Å². The molecule has 1 atom stereocenters. The Morgan fingerprint density at radius 3 is 3.20 bits per heavy atom. The molecular formula is C11H16N2O2. The van der Waals surface area contributed by atoms with Crippen LogP contribution >= 0.6 is 0 Å². The fourth-order valence-electron chi connectivity index (χ4n) is 1.87. The van der Waals surface area contributed by atoms with Crippen molar-refractivity contribution in [3.05, 3.63) is 24.2 Å². The van der Waals surface area contributed by atoms with Crippen molar-refractivity contribution in [1.82, 2.24) is 10.2 Å². The van der Waals surface area contributed by atoms with E-state index in [0.717, 1.165) is 31.6 Å². The van der Waals surface area contributed by atoms with Crippen molar-refractivity contribution < 1.29 is 9.21 Å². The summed E-state index contributed by atoms with van der Waals surface area (Å²) in [5.74, 6) is 0.169. The van der Waals surface area contributed by atoms with Crippen molar-refractivity contribution in [3.63, 3.8) is 0 Å². The lowest BCUT2D eigenvalue weighted by Crippen LogP contribution is -2.33. The smallest absolute Gasteiger partial charge is 0.219 e. The zero-order chi connectivity index (χ0) is 10.7. The van der Waals surface area contributed by atoms with E-state index in [0.29, 0.717) is 6.04 Å². The van der Waals surface area contributed by atoms with E-state index in [1.807, 2.05) is 11.0 Å². The Morgan fingerprint density at radius 1 is 1.73 bits per heavy atom. The number of carbonyl (C=O) groups excluding carboxylic acids is 1. The summed E-state index contributed by atoms with van der Waals surface area (Å²) in [4.78, 5) is 13.0. The van der Waals surface area contributed by atoms with Crippen molar-refractivity contribution in [2.24, 2.45) is 0 Å². The van der Waals surface area contributed by atoms with Crippen molar-refractivity contribution in [2.45, 2.75) is 25.9 Å². The number of amides is 1. The normalized spacial score (nSPS) is 20.9. The van der Waals surface area contributed by atoms with Crippen molar-refractivity contribution in [1.29, 1.82) is 0 Å². The van der Waals surface area contributed by atoms with Crippen LogP contribution in [0, 0.1) is 0 Å². The third-order valence-electron chi connectivity index (χ3n) is 2.81. The number of carbonyl (C=O) groups is 1. The Balaban J connectivity index is 1.75. The van der Waals surface area contributed by atoms with Crippen LogP contribution in [0.15, 0.2) is 23.0 Å². The van der Waals surface area contributed by atoms with Gasteiger partial charge < -0.3 is 14.6 Å². The van der Waals surface area contributed by atoms with Crippen LogP contribution in [0.4, 0.5) is 0 Å². The summed E-state index contributed by atoms with van der Waals surface area (Å²) in [7, 11) is 0. The molecule has 1 aliphatic heterocycles. The van der Waals surface area contributed by atoms with Crippen LogP contribution in [0.3, 0.4) is 0 Å². The minimum absolute atomic E-state index is 0.169. The Labute approximate surface area is 89.2 Å². The van der Waals surface area contributed by atoms with Gasteiger partial charge in [-0.25, -0.2) is 0 Å². The average molecular weight is 208 g/mol. The summed E-state index contributed by atoms with van der Waals surface area (Å²) in [6, 6.07) is 2.37. The van der Waals surface area contributed by atoms with E-state index in [9.17, 15) is 4.79 Å². The van der Waals surface area contributed by atoms with Gasteiger partial charge in [-0.05, 0) is 12.5 Å². The molecule has 2 rings (SSSR count). The first-order chi connectivity index (χ1) is 7.25. The highest BCUT2D eigenvalue weighted by molar-refractivity contribution is 5.73. The molecule has 1 saturated heterocycles. The van der Waals surface area contributed by atoms with E-state index in [-0.39, 0.29) is 5.91 Å². The van der Waals surface area contributed by atoms with Gasteiger partial charge in [0.15, 0.2) is 0 Å². The lowest BCUT2D eigenvalue weighted by Gasteiger charge is -2.14. The highest BCUT2D eigenvalue weighted by Gasteiger charge is 2.23. The number of likely N-dealkylation sites (tertiary alicyclic amines) is 1. The first kappa shape index (κ1) is 10.2. The second-order valence-electron chi connectivity index (χ2n) is 3.96.